The third kappa shape index (κ3) is 2.06. The van der Waals surface area contributed by atoms with Gasteiger partial charge in [-0.3, -0.25) is 4.79 Å². The number of aryl methyl sites for hydroxylation is 2. The van der Waals surface area contributed by atoms with Crippen LogP contribution in [-0.2, 0) is 0 Å². The number of rotatable bonds is 2. The average Bonchev–Trinajstić information content (AvgIpc) is 2.68. The molecule has 0 aliphatic carbocycles. The summed E-state index contributed by atoms with van der Waals surface area (Å²) >= 11 is 0. The summed E-state index contributed by atoms with van der Waals surface area (Å²) in [5.74, 6) is 0.447. The van der Waals surface area contributed by atoms with Crippen molar-refractivity contribution >= 4 is 11.6 Å². The summed E-state index contributed by atoms with van der Waals surface area (Å²) in [6.45, 7) is 3.51. The molecule has 0 N–H and O–H groups in total. The van der Waals surface area contributed by atoms with Gasteiger partial charge in [0.1, 0.15) is 11.3 Å². The van der Waals surface area contributed by atoms with E-state index in [9.17, 15) is 4.79 Å². The van der Waals surface area contributed by atoms with E-state index >= 15 is 0 Å². The summed E-state index contributed by atoms with van der Waals surface area (Å²) in [4.78, 5) is 13.9. The molecular formula is C13H14N2O2. The summed E-state index contributed by atoms with van der Waals surface area (Å²) in [5.41, 5.74) is 2.00. The first-order chi connectivity index (χ1) is 8.11. The van der Waals surface area contributed by atoms with Crippen molar-refractivity contribution < 1.29 is 9.32 Å². The van der Waals surface area contributed by atoms with Crippen LogP contribution in [0.25, 0.3) is 0 Å². The Morgan fingerprint density at radius 3 is 2.41 bits per heavy atom. The van der Waals surface area contributed by atoms with Crippen molar-refractivity contribution in [3.05, 3.63) is 47.3 Å². The van der Waals surface area contributed by atoms with E-state index in [2.05, 4.69) is 5.16 Å². The third-order valence-electron chi connectivity index (χ3n) is 2.70. The minimum Gasteiger partial charge on any atom is -0.361 e. The highest BCUT2D eigenvalue weighted by atomic mass is 16.5. The lowest BCUT2D eigenvalue weighted by Crippen LogP contribution is -2.27. The van der Waals surface area contributed by atoms with Crippen LogP contribution in [0.4, 0.5) is 5.69 Å². The predicted molar refractivity (Wildman–Crippen MR) is 65.2 cm³/mol. The van der Waals surface area contributed by atoms with E-state index < -0.39 is 0 Å². The summed E-state index contributed by atoms with van der Waals surface area (Å²) in [5, 5.41) is 3.79. The second-order valence-electron chi connectivity index (χ2n) is 3.90. The maximum absolute atomic E-state index is 12.3. The summed E-state index contributed by atoms with van der Waals surface area (Å²) in [6, 6.07) is 9.47. The van der Waals surface area contributed by atoms with Gasteiger partial charge in [-0.2, -0.15) is 0 Å². The van der Waals surface area contributed by atoms with Gasteiger partial charge in [0.25, 0.3) is 5.91 Å². The molecule has 0 saturated heterocycles. The second kappa shape index (κ2) is 4.41. The van der Waals surface area contributed by atoms with E-state index in [0.717, 1.165) is 5.69 Å². The number of carbonyl (C=O) groups is 1. The van der Waals surface area contributed by atoms with Crippen LogP contribution in [0.3, 0.4) is 0 Å². The molecule has 1 amide bonds. The van der Waals surface area contributed by atoms with Crippen molar-refractivity contribution in [1.82, 2.24) is 5.16 Å². The Morgan fingerprint density at radius 2 is 1.88 bits per heavy atom. The molecule has 0 atom stereocenters. The molecule has 0 saturated carbocycles. The minimum atomic E-state index is -0.104. The topological polar surface area (TPSA) is 46.3 Å². The third-order valence-corrected chi connectivity index (χ3v) is 2.70. The lowest BCUT2D eigenvalue weighted by atomic mass is 10.1. The fourth-order valence-corrected chi connectivity index (χ4v) is 1.72. The fraction of sp³-hybridized carbons (Fsp3) is 0.231. The molecule has 88 valence electrons. The first-order valence-corrected chi connectivity index (χ1v) is 5.37. The van der Waals surface area contributed by atoms with Gasteiger partial charge >= 0.3 is 0 Å². The monoisotopic (exact) mass is 230 g/mol. The zero-order chi connectivity index (χ0) is 12.4. The van der Waals surface area contributed by atoms with Crippen molar-refractivity contribution in [1.29, 1.82) is 0 Å². The normalized spacial score (nSPS) is 10.3. The van der Waals surface area contributed by atoms with Crippen LogP contribution < -0.4 is 4.90 Å². The zero-order valence-electron chi connectivity index (χ0n) is 10.1. The van der Waals surface area contributed by atoms with Crippen molar-refractivity contribution in [2.24, 2.45) is 0 Å². The zero-order valence-corrected chi connectivity index (χ0v) is 10.1. The lowest BCUT2D eigenvalue weighted by molar-refractivity contribution is 0.0991. The number of benzene rings is 1. The minimum absolute atomic E-state index is 0.104. The van der Waals surface area contributed by atoms with Crippen LogP contribution in [0, 0.1) is 13.8 Å². The Morgan fingerprint density at radius 1 is 1.24 bits per heavy atom. The maximum atomic E-state index is 12.3. The Bertz CT molecular complexity index is 512. The number of para-hydroxylation sites is 1. The SMILES string of the molecule is Cc1noc(C)c1C(=O)N(C)c1ccccc1. The second-order valence-corrected chi connectivity index (χ2v) is 3.90. The van der Waals surface area contributed by atoms with Crippen LogP contribution >= 0.6 is 0 Å². The highest BCUT2D eigenvalue weighted by Crippen LogP contribution is 2.19. The quantitative estimate of drug-likeness (QED) is 0.796. The van der Waals surface area contributed by atoms with Gasteiger partial charge in [0, 0.05) is 12.7 Å². The largest absolute Gasteiger partial charge is 0.361 e. The van der Waals surface area contributed by atoms with Crippen molar-refractivity contribution in [3.63, 3.8) is 0 Å². The molecule has 0 radical (unpaired) electrons. The Kier molecular flexibility index (Phi) is 2.95. The molecular weight excluding hydrogens is 216 g/mol. The van der Waals surface area contributed by atoms with Gasteiger partial charge in [0.15, 0.2) is 0 Å². The molecule has 1 heterocycles. The lowest BCUT2D eigenvalue weighted by Gasteiger charge is -2.16. The van der Waals surface area contributed by atoms with Crippen LogP contribution in [0.2, 0.25) is 0 Å². The van der Waals surface area contributed by atoms with Crippen molar-refractivity contribution in [3.8, 4) is 0 Å². The molecule has 0 unspecified atom stereocenters. The van der Waals surface area contributed by atoms with Crippen molar-refractivity contribution in [2.75, 3.05) is 11.9 Å². The van der Waals surface area contributed by atoms with Crippen molar-refractivity contribution in [2.45, 2.75) is 13.8 Å². The first kappa shape index (κ1) is 11.4. The van der Waals surface area contributed by atoms with Gasteiger partial charge < -0.3 is 9.42 Å². The van der Waals surface area contributed by atoms with Gasteiger partial charge in [0.05, 0.1) is 5.69 Å². The molecule has 0 fully saturated rings. The standard InChI is InChI=1S/C13H14N2O2/c1-9-12(10(2)17-14-9)13(16)15(3)11-7-5-4-6-8-11/h4-8H,1-3H3. The molecule has 1 aromatic heterocycles. The van der Waals surface area contributed by atoms with Gasteiger partial charge in [0.2, 0.25) is 0 Å². The van der Waals surface area contributed by atoms with E-state index in [1.165, 1.54) is 0 Å². The number of aromatic nitrogens is 1. The van der Waals surface area contributed by atoms with E-state index in [-0.39, 0.29) is 5.91 Å². The van der Waals surface area contributed by atoms with E-state index in [0.29, 0.717) is 17.0 Å². The molecule has 4 heteroatoms. The van der Waals surface area contributed by atoms with E-state index in [1.54, 1.807) is 25.8 Å². The van der Waals surface area contributed by atoms with Gasteiger partial charge in [-0.15, -0.1) is 0 Å². The number of nitrogens with zero attached hydrogens (tertiary/aromatic N) is 2. The molecule has 17 heavy (non-hydrogen) atoms. The maximum Gasteiger partial charge on any atom is 0.263 e. The van der Waals surface area contributed by atoms with Crippen LogP contribution in [0.15, 0.2) is 34.9 Å². The average molecular weight is 230 g/mol. The summed E-state index contributed by atoms with van der Waals surface area (Å²) in [7, 11) is 1.74. The predicted octanol–water partition coefficient (Wildman–Crippen LogP) is 2.57. The summed E-state index contributed by atoms with van der Waals surface area (Å²) < 4.78 is 5.00. The van der Waals surface area contributed by atoms with Crippen LogP contribution in [-0.4, -0.2) is 18.1 Å². The number of carbonyl (C=O) groups excluding carboxylic acids is 1. The van der Waals surface area contributed by atoms with Gasteiger partial charge in [-0.1, -0.05) is 23.4 Å². The number of hydrogen-bond acceptors (Lipinski definition) is 3. The number of anilines is 1. The Hall–Kier alpha value is -2.10. The highest BCUT2D eigenvalue weighted by Gasteiger charge is 2.21. The van der Waals surface area contributed by atoms with Gasteiger partial charge in [-0.05, 0) is 26.0 Å². The molecule has 0 spiro atoms. The molecule has 0 bridgehead atoms. The fourth-order valence-electron chi connectivity index (χ4n) is 1.72. The Labute approximate surface area is 99.8 Å². The molecule has 2 aromatic rings. The summed E-state index contributed by atoms with van der Waals surface area (Å²) in [6.07, 6.45) is 0. The highest BCUT2D eigenvalue weighted by molar-refractivity contribution is 6.06. The van der Waals surface area contributed by atoms with Gasteiger partial charge in [-0.25, -0.2) is 0 Å². The van der Waals surface area contributed by atoms with Crippen LogP contribution in [0.5, 0.6) is 0 Å². The molecule has 4 nitrogen and oxygen atoms in total. The molecule has 2 rings (SSSR count). The van der Waals surface area contributed by atoms with E-state index in [1.807, 2.05) is 30.3 Å². The van der Waals surface area contributed by atoms with Crippen LogP contribution in [0.1, 0.15) is 21.8 Å². The van der Waals surface area contributed by atoms with E-state index in [4.69, 9.17) is 4.52 Å². The smallest absolute Gasteiger partial charge is 0.263 e. The molecule has 1 aromatic carbocycles. The Balaban J connectivity index is 2.33. The number of hydrogen-bond donors (Lipinski definition) is 0. The number of amides is 1. The molecule has 0 aliphatic heterocycles. The molecule has 0 aliphatic rings. The first-order valence-electron chi connectivity index (χ1n) is 5.37.